The number of halogens is 1. The third-order valence-corrected chi connectivity index (χ3v) is 7.27. The van der Waals surface area contributed by atoms with E-state index in [2.05, 4.69) is 9.97 Å². The maximum Gasteiger partial charge on any atom is 0.258 e. The van der Waals surface area contributed by atoms with Crippen LogP contribution in [0.4, 0.5) is 0 Å². The molecule has 0 spiro atoms. The molecule has 2 heterocycles. The van der Waals surface area contributed by atoms with Gasteiger partial charge in [0.25, 0.3) is 5.56 Å². The highest BCUT2D eigenvalue weighted by atomic mass is 35.5. The van der Waals surface area contributed by atoms with Gasteiger partial charge in [-0.15, -0.1) is 11.3 Å². The number of sulfonamides is 1. The summed E-state index contributed by atoms with van der Waals surface area (Å²) in [7, 11) is -3.84. The summed E-state index contributed by atoms with van der Waals surface area (Å²) in [5, 5.41) is 2.80. The topological polar surface area (TPSA) is 83.1 Å². The standard InChI is InChI=1S/C20H16ClN3O3S2/c21-14-7-9-16(10-8-14)29(26,27)24(12-15-4-3-11-28-15)13-19-22-18-6-2-1-5-17(18)20(25)23-19/h1-11H,12-13H2,(H,22,23,25). The van der Waals surface area contributed by atoms with Crippen molar-refractivity contribution in [3.63, 3.8) is 0 Å². The molecule has 148 valence electrons. The number of aromatic nitrogens is 2. The fraction of sp³-hybridized carbons (Fsp3) is 0.100. The lowest BCUT2D eigenvalue weighted by atomic mass is 10.2. The van der Waals surface area contributed by atoms with Crippen molar-refractivity contribution in [1.29, 1.82) is 0 Å². The summed E-state index contributed by atoms with van der Waals surface area (Å²) in [6, 6.07) is 16.7. The maximum atomic E-state index is 13.3. The molecule has 0 aliphatic heterocycles. The number of fused-ring (bicyclic) bond motifs is 1. The van der Waals surface area contributed by atoms with Crippen molar-refractivity contribution in [3.05, 3.63) is 92.1 Å². The van der Waals surface area contributed by atoms with Crippen molar-refractivity contribution in [1.82, 2.24) is 14.3 Å². The van der Waals surface area contributed by atoms with Crippen LogP contribution < -0.4 is 5.56 Å². The van der Waals surface area contributed by atoms with Crippen molar-refractivity contribution in [2.45, 2.75) is 18.0 Å². The number of para-hydroxylation sites is 1. The number of hydrogen-bond donors (Lipinski definition) is 1. The Morgan fingerprint density at radius 1 is 1.00 bits per heavy atom. The lowest BCUT2D eigenvalue weighted by Crippen LogP contribution is -2.31. The van der Waals surface area contributed by atoms with E-state index in [-0.39, 0.29) is 29.4 Å². The summed E-state index contributed by atoms with van der Waals surface area (Å²) < 4.78 is 27.9. The summed E-state index contributed by atoms with van der Waals surface area (Å²) in [6.07, 6.45) is 0. The van der Waals surface area contributed by atoms with E-state index in [0.29, 0.717) is 15.9 Å². The van der Waals surface area contributed by atoms with Gasteiger partial charge in [-0.05, 0) is 47.8 Å². The van der Waals surface area contributed by atoms with Crippen LogP contribution in [-0.4, -0.2) is 22.7 Å². The zero-order valence-electron chi connectivity index (χ0n) is 15.1. The van der Waals surface area contributed by atoms with Crippen LogP contribution >= 0.6 is 22.9 Å². The Hall–Kier alpha value is -2.52. The van der Waals surface area contributed by atoms with Crippen LogP contribution in [0, 0.1) is 0 Å². The molecule has 0 saturated heterocycles. The number of rotatable bonds is 6. The second-order valence-electron chi connectivity index (χ2n) is 6.34. The quantitative estimate of drug-likeness (QED) is 0.485. The van der Waals surface area contributed by atoms with E-state index in [1.54, 1.807) is 24.3 Å². The first kappa shape index (κ1) is 19.8. The molecule has 29 heavy (non-hydrogen) atoms. The first-order valence-electron chi connectivity index (χ1n) is 8.69. The van der Waals surface area contributed by atoms with Crippen molar-refractivity contribution in [3.8, 4) is 0 Å². The number of nitrogens with zero attached hydrogens (tertiary/aromatic N) is 2. The number of hydrogen-bond acceptors (Lipinski definition) is 5. The average molecular weight is 446 g/mol. The molecule has 6 nitrogen and oxygen atoms in total. The predicted octanol–water partition coefficient (Wildman–Crippen LogP) is 4.03. The molecular weight excluding hydrogens is 430 g/mol. The SMILES string of the molecule is O=c1[nH]c(CN(Cc2cccs2)S(=O)(=O)c2ccc(Cl)cc2)nc2ccccc12. The third-order valence-electron chi connectivity index (χ3n) is 4.35. The zero-order valence-corrected chi connectivity index (χ0v) is 17.5. The van der Waals surface area contributed by atoms with Gasteiger partial charge in [0, 0.05) is 16.4 Å². The molecule has 0 saturated carbocycles. The van der Waals surface area contributed by atoms with E-state index in [0.717, 1.165) is 4.88 Å². The van der Waals surface area contributed by atoms with E-state index >= 15 is 0 Å². The molecule has 0 aliphatic rings. The van der Waals surface area contributed by atoms with Crippen LogP contribution in [0.5, 0.6) is 0 Å². The van der Waals surface area contributed by atoms with Gasteiger partial charge in [0.15, 0.2) is 0 Å². The van der Waals surface area contributed by atoms with E-state index in [4.69, 9.17) is 11.6 Å². The van der Waals surface area contributed by atoms with Crippen LogP contribution in [0.15, 0.2) is 75.7 Å². The summed E-state index contributed by atoms with van der Waals surface area (Å²) in [6.45, 7) is 0.0993. The lowest BCUT2D eigenvalue weighted by Gasteiger charge is -2.21. The van der Waals surface area contributed by atoms with Crippen LogP contribution in [0.25, 0.3) is 10.9 Å². The van der Waals surface area contributed by atoms with Crippen LogP contribution in [0.3, 0.4) is 0 Å². The molecule has 0 atom stereocenters. The van der Waals surface area contributed by atoms with E-state index in [1.807, 2.05) is 17.5 Å². The molecule has 9 heteroatoms. The molecule has 0 aliphatic carbocycles. The van der Waals surface area contributed by atoms with Gasteiger partial charge >= 0.3 is 0 Å². The minimum absolute atomic E-state index is 0.0665. The Morgan fingerprint density at radius 2 is 1.76 bits per heavy atom. The molecule has 4 aromatic rings. The first-order valence-corrected chi connectivity index (χ1v) is 11.4. The Morgan fingerprint density at radius 3 is 2.48 bits per heavy atom. The highest BCUT2D eigenvalue weighted by Crippen LogP contribution is 2.23. The van der Waals surface area contributed by atoms with Crippen molar-refractivity contribution >= 4 is 43.9 Å². The second kappa shape index (κ2) is 8.08. The van der Waals surface area contributed by atoms with Gasteiger partial charge in [-0.2, -0.15) is 4.31 Å². The van der Waals surface area contributed by atoms with Gasteiger partial charge in [0.2, 0.25) is 10.0 Å². The fourth-order valence-electron chi connectivity index (χ4n) is 2.93. The number of thiophene rings is 1. The van der Waals surface area contributed by atoms with Gasteiger partial charge < -0.3 is 4.98 Å². The summed E-state index contributed by atoms with van der Waals surface area (Å²) in [5.74, 6) is 0.280. The predicted molar refractivity (Wildman–Crippen MR) is 115 cm³/mol. The van der Waals surface area contributed by atoms with Gasteiger partial charge in [0.1, 0.15) is 5.82 Å². The van der Waals surface area contributed by atoms with Crippen LogP contribution in [-0.2, 0) is 23.1 Å². The maximum absolute atomic E-state index is 13.3. The molecule has 2 aromatic heterocycles. The second-order valence-corrected chi connectivity index (χ2v) is 9.74. The number of H-pyrrole nitrogens is 1. The molecule has 0 unspecified atom stereocenters. The van der Waals surface area contributed by atoms with Crippen LogP contribution in [0.2, 0.25) is 5.02 Å². The largest absolute Gasteiger partial charge is 0.309 e. The molecule has 1 N–H and O–H groups in total. The van der Waals surface area contributed by atoms with Crippen molar-refractivity contribution in [2.24, 2.45) is 0 Å². The summed E-state index contributed by atoms with van der Waals surface area (Å²) >= 11 is 7.36. The Kier molecular flexibility index (Phi) is 5.51. The van der Waals surface area contributed by atoms with E-state index in [1.165, 1.54) is 39.9 Å². The number of nitrogens with one attached hydrogen (secondary N) is 1. The zero-order chi connectivity index (χ0) is 20.4. The highest BCUT2D eigenvalue weighted by Gasteiger charge is 2.26. The first-order chi connectivity index (χ1) is 13.9. The monoisotopic (exact) mass is 445 g/mol. The normalized spacial score (nSPS) is 11.9. The van der Waals surface area contributed by atoms with E-state index < -0.39 is 10.0 Å². The smallest absolute Gasteiger partial charge is 0.258 e. The van der Waals surface area contributed by atoms with Gasteiger partial charge in [-0.25, -0.2) is 13.4 Å². The summed E-state index contributed by atoms with van der Waals surface area (Å²) in [5.41, 5.74) is 0.219. The molecule has 0 amide bonds. The van der Waals surface area contributed by atoms with E-state index in [9.17, 15) is 13.2 Å². The number of aromatic amines is 1. The fourth-order valence-corrected chi connectivity index (χ4v) is 5.24. The van der Waals surface area contributed by atoms with Gasteiger partial charge in [-0.1, -0.05) is 29.8 Å². The van der Waals surface area contributed by atoms with Gasteiger partial charge in [-0.3, -0.25) is 4.79 Å². The third kappa shape index (κ3) is 4.25. The Bertz CT molecular complexity index is 1300. The average Bonchev–Trinajstić information content (AvgIpc) is 3.21. The van der Waals surface area contributed by atoms with Crippen molar-refractivity contribution < 1.29 is 8.42 Å². The van der Waals surface area contributed by atoms with Crippen LogP contribution in [0.1, 0.15) is 10.7 Å². The Labute approximate surface area is 176 Å². The van der Waals surface area contributed by atoms with Gasteiger partial charge in [0.05, 0.1) is 22.3 Å². The molecule has 2 aromatic carbocycles. The minimum Gasteiger partial charge on any atom is -0.309 e. The van der Waals surface area contributed by atoms with Crippen molar-refractivity contribution in [2.75, 3.05) is 0 Å². The minimum atomic E-state index is -3.84. The highest BCUT2D eigenvalue weighted by molar-refractivity contribution is 7.89. The Balaban J connectivity index is 1.75. The molecule has 0 fully saturated rings. The molecule has 0 bridgehead atoms. The molecule has 4 rings (SSSR count). The molecule has 0 radical (unpaired) electrons. The number of benzene rings is 2. The molecular formula is C20H16ClN3O3S2. The summed E-state index contributed by atoms with van der Waals surface area (Å²) in [4.78, 5) is 20.5. The lowest BCUT2D eigenvalue weighted by molar-refractivity contribution is 0.395.